The first-order valence-electron chi connectivity index (χ1n) is 9.59. The van der Waals surface area contributed by atoms with Gasteiger partial charge >= 0.3 is 17.9 Å². The van der Waals surface area contributed by atoms with Gasteiger partial charge in [0.1, 0.15) is 18.1 Å². The van der Waals surface area contributed by atoms with Crippen LogP contribution in [0.5, 0.6) is 0 Å². The lowest BCUT2D eigenvalue weighted by Crippen LogP contribution is -2.58. The Labute approximate surface area is 178 Å². The number of carbonyl (C=O) groups excluding carboxylic acids is 3. The van der Waals surface area contributed by atoms with Crippen LogP contribution in [0.4, 0.5) is 0 Å². The molecule has 0 aromatic heterocycles. The first kappa shape index (κ1) is 27.8. The molecule has 0 spiro atoms. The molecule has 13 heteroatoms. The van der Waals surface area contributed by atoms with Gasteiger partial charge in [0.2, 0.25) is 17.7 Å². The highest BCUT2D eigenvalue weighted by atomic mass is 16.4. The van der Waals surface area contributed by atoms with Crippen molar-refractivity contribution in [2.24, 2.45) is 11.7 Å². The van der Waals surface area contributed by atoms with Crippen LogP contribution < -0.4 is 21.7 Å². The largest absolute Gasteiger partial charge is 0.481 e. The smallest absolute Gasteiger partial charge is 0.325 e. The van der Waals surface area contributed by atoms with Crippen LogP contribution in [0.3, 0.4) is 0 Å². The zero-order valence-electron chi connectivity index (χ0n) is 17.6. The highest BCUT2D eigenvalue weighted by Crippen LogP contribution is 2.07. The molecule has 0 rings (SSSR count). The van der Waals surface area contributed by atoms with Crippen molar-refractivity contribution in [3.05, 3.63) is 0 Å². The number of carbonyl (C=O) groups is 6. The number of amides is 3. The molecule has 0 saturated heterocycles. The Kier molecular flexibility index (Phi) is 11.8. The van der Waals surface area contributed by atoms with Crippen molar-refractivity contribution in [2.45, 2.75) is 70.6 Å². The molecule has 13 nitrogen and oxygen atoms in total. The third-order valence-electron chi connectivity index (χ3n) is 4.26. The van der Waals surface area contributed by atoms with Crippen molar-refractivity contribution >= 4 is 35.6 Å². The molecule has 0 aromatic rings. The fraction of sp³-hybridized carbons (Fsp3) is 0.667. The Morgan fingerprint density at radius 1 is 0.742 bits per heavy atom. The van der Waals surface area contributed by atoms with Gasteiger partial charge in [-0.3, -0.25) is 28.8 Å². The molecule has 0 aromatic carbocycles. The van der Waals surface area contributed by atoms with E-state index in [9.17, 15) is 28.8 Å². The van der Waals surface area contributed by atoms with Gasteiger partial charge in [-0.05, 0) is 25.7 Å². The van der Waals surface area contributed by atoms with Crippen molar-refractivity contribution in [3.8, 4) is 0 Å². The maximum absolute atomic E-state index is 12.7. The van der Waals surface area contributed by atoms with Crippen LogP contribution in [-0.4, -0.2) is 75.1 Å². The van der Waals surface area contributed by atoms with Gasteiger partial charge in [0.25, 0.3) is 0 Å². The predicted octanol–water partition coefficient (Wildman–Crippen LogP) is -1.74. The number of hydrogen-bond donors (Lipinski definition) is 7. The number of rotatable bonds is 14. The Balaban J connectivity index is 5.29. The average Bonchev–Trinajstić information content (AvgIpc) is 2.65. The SMILES string of the molecule is CC(NC(=O)C(CCC(=O)O)NC(=O)C(NC(=O)C(N)CCC(=O)O)C(C)C)C(=O)O. The number of carboxylic acids is 3. The molecule has 0 fully saturated rings. The molecule has 0 heterocycles. The summed E-state index contributed by atoms with van der Waals surface area (Å²) in [5, 5.41) is 33.3. The van der Waals surface area contributed by atoms with Gasteiger partial charge in [-0.25, -0.2) is 0 Å². The molecule has 0 aliphatic carbocycles. The van der Waals surface area contributed by atoms with Crippen LogP contribution in [0.25, 0.3) is 0 Å². The van der Waals surface area contributed by atoms with Gasteiger partial charge in [0, 0.05) is 12.8 Å². The Morgan fingerprint density at radius 2 is 1.26 bits per heavy atom. The van der Waals surface area contributed by atoms with Crippen LogP contribution in [0, 0.1) is 5.92 Å². The quantitative estimate of drug-likeness (QED) is 0.159. The molecule has 0 saturated carbocycles. The van der Waals surface area contributed by atoms with E-state index in [0.717, 1.165) is 0 Å². The summed E-state index contributed by atoms with van der Waals surface area (Å²) in [6.45, 7) is 4.41. The topological polar surface area (TPSA) is 225 Å². The first-order chi connectivity index (χ1) is 14.3. The standard InChI is InChI=1S/C18H30N4O9/c1-8(2)14(22-15(27)10(19)4-6-12(23)24)17(29)21-11(5-7-13(25)26)16(28)20-9(3)18(30)31/h8-11,14H,4-7,19H2,1-3H3,(H,20,28)(H,21,29)(H,22,27)(H,23,24)(H,25,26)(H,30,31). The van der Waals surface area contributed by atoms with Crippen molar-refractivity contribution in [3.63, 3.8) is 0 Å². The van der Waals surface area contributed by atoms with E-state index in [0.29, 0.717) is 0 Å². The number of aliphatic carboxylic acids is 3. The highest BCUT2D eigenvalue weighted by Gasteiger charge is 2.31. The van der Waals surface area contributed by atoms with Crippen LogP contribution in [0.2, 0.25) is 0 Å². The molecule has 0 radical (unpaired) electrons. The zero-order valence-corrected chi connectivity index (χ0v) is 17.6. The third kappa shape index (κ3) is 10.9. The number of nitrogens with two attached hydrogens (primary N) is 1. The van der Waals surface area contributed by atoms with E-state index in [1.807, 2.05) is 0 Å². The normalized spacial score (nSPS) is 14.6. The van der Waals surface area contributed by atoms with E-state index in [1.54, 1.807) is 13.8 Å². The fourth-order valence-corrected chi connectivity index (χ4v) is 2.38. The molecule has 8 N–H and O–H groups in total. The van der Waals surface area contributed by atoms with Gasteiger partial charge in [0.15, 0.2) is 0 Å². The molecule has 0 aliphatic rings. The highest BCUT2D eigenvalue weighted by molar-refractivity contribution is 5.94. The molecule has 4 unspecified atom stereocenters. The monoisotopic (exact) mass is 446 g/mol. The number of hydrogen-bond acceptors (Lipinski definition) is 7. The maximum atomic E-state index is 12.7. The van der Waals surface area contributed by atoms with Crippen LogP contribution in [0.15, 0.2) is 0 Å². The summed E-state index contributed by atoms with van der Waals surface area (Å²) < 4.78 is 0. The Bertz CT molecular complexity index is 696. The third-order valence-corrected chi connectivity index (χ3v) is 4.26. The van der Waals surface area contributed by atoms with E-state index in [4.69, 9.17) is 21.1 Å². The molecule has 3 amide bonds. The summed E-state index contributed by atoms with van der Waals surface area (Å²) in [6, 6.07) is -4.96. The summed E-state index contributed by atoms with van der Waals surface area (Å²) in [6.07, 6.45) is -1.27. The van der Waals surface area contributed by atoms with Gasteiger partial charge in [-0.2, -0.15) is 0 Å². The van der Waals surface area contributed by atoms with Gasteiger partial charge in [-0.1, -0.05) is 13.8 Å². The number of carboxylic acid groups (broad SMARTS) is 3. The molecular weight excluding hydrogens is 416 g/mol. The van der Waals surface area contributed by atoms with Crippen molar-refractivity contribution in [1.82, 2.24) is 16.0 Å². The second kappa shape index (κ2) is 13.2. The molecule has 176 valence electrons. The second-order valence-corrected chi connectivity index (χ2v) is 7.33. The second-order valence-electron chi connectivity index (χ2n) is 7.33. The summed E-state index contributed by atoms with van der Waals surface area (Å²) >= 11 is 0. The minimum Gasteiger partial charge on any atom is -0.481 e. The van der Waals surface area contributed by atoms with Crippen molar-refractivity contribution in [1.29, 1.82) is 0 Å². The fourth-order valence-electron chi connectivity index (χ4n) is 2.38. The number of nitrogens with one attached hydrogen (secondary N) is 3. The first-order valence-corrected chi connectivity index (χ1v) is 9.59. The molecule has 31 heavy (non-hydrogen) atoms. The van der Waals surface area contributed by atoms with E-state index >= 15 is 0 Å². The Hall–Kier alpha value is -3.22. The van der Waals surface area contributed by atoms with Crippen LogP contribution in [0.1, 0.15) is 46.5 Å². The summed E-state index contributed by atoms with van der Waals surface area (Å²) in [4.78, 5) is 69.6. The summed E-state index contributed by atoms with van der Waals surface area (Å²) in [5.74, 6) is -6.60. The maximum Gasteiger partial charge on any atom is 0.325 e. The van der Waals surface area contributed by atoms with Crippen molar-refractivity contribution < 1.29 is 44.1 Å². The van der Waals surface area contributed by atoms with Crippen molar-refractivity contribution in [2.75, 3.05) is 0 Å². The van der Waals surface area contributed by atoms with Crippen LogP contribution in [-0.2, 0) is 28.8 Å². The van der Waals surface area contributed by atoms with E-state index in [1.165, 1.54) is 6.92 Å². The van der Waals surface area contributed by atoms with Gasteiger partial charge < -0.3 is 37.0 Å². The van der Waals surface area contributed by atoms with Gasteiger partial charge in [0.05, 0.1) is 6.04 Å². The summed E-state index contributed by atoms with van der Waals surface area (Å²) in [5.41, 5.74) is 5.64. The molecule has 0 bridgehead atoms. The lowest BCUT2D eigenvalue weighted by atomic mass is 10.0. The van der Waals surface area contributed by atoms with Gasteiger partial charge in [-0.15, -0.1) is 0 Å². The minimum absolute atomic E-state index is 0.148. The van der Waals surface area contributed by atoms with E-state index in [-0.39, 0.29) is 19.3 Å². The van der Waals surface area contributed by atoms with E-state index < -0.39 is 72.1 Å². The zero-order chi connectivity index (χ0) is 24.3. The minimum atomic E-state index is -1.36. The summed E-state index contributed by atoms with van der Waals surface area (Å²) in [7, 11) is 0. The van der Waals surface area contributed by atoms with E-state index in [2.05, 4.69) is 16.0 Å². The average molecular weight is 446 g/mol. The Morgan fingerprint density at radius 3 is 1.71 bits per heavy atom. The molecule has 0 aliphatic heterocycles. The lowest BCUT2D eigenvalue weighted by Gasteiger charge is -2.26. The van der Waals surface area contributed by atoms with Crippen LogP contribution >= 0.6 is 0 Å². The molecular formula is C18H30N4O9. The molecule has 4 atom stereocenters. The predicted molar refractivity (Wildman–Crippen MR) is 106 cm³/mol. The lowest BCUT2D eigenvalue weighted by molar-refractivity contribution is -0.142.